The van der Waals surface area contributed by atoms with Crippen LogP contribution in [-0.4, -0.2) is 19.1 Å². The van der Waals surface area contributed by atoms with E-state index in [1.807, 2.05) is 0 Å². The summed E-state index contributed by atoms with van der Waals surface area (Å²) >= 11 is 0. The van der Waals surface area contributed by atoms with Gasteiger partial charge in [-0.3, -0.25) is 0 Å². The van der Waals surface area contributed by atoms with Crippen molar-refractivity contribution in [2.24, 2.45) is 0 Å². The largest absolute Gasteiger partial charge is 0.323 e. The molecule has 1 atom stereocenters. The Balaban J connectivity index is 2.17. The van der Waals surface area contributed by atoms with Crippen molar-refractivity contribution in [1.29, 1.82) is 0 Å². The molecule has 1 N–H and O–H groups in total. The summed E-state index contributed by atoms with van der Waals surface area (Å²) in [5.74, 6) is 7.28. The predicted molar refractivity (Wildman–Crippen MR) is 98.6 cm³/mol. The summed E-state index contributed by atoms with van der Waals surface area (Å²) < 4.78 is 0. The summed E-state index contributed by atoms with van der Waals surface area (Å²) in [4.78, 5) is 1.55. The lowest BCUT2D eigenvalue weighted by molar-refractivity contribution is -0.911. The average molecular weight is 306 g/mol. The van der Waals surface area contributed by atoms with Gasteiger partial charge in [0.05, 0.1) is 13.1 Å². The van der Waals surface area contributed by atoms with Crippen molar-refractivity contribution in [3.63, 3.8) is 0 Å². The summed E-state index contributed by atoms with van der Waals surface area (Å²) in [5, 5.41) is 0. The number of benzene rings is 2. The van der Waals surface area contributed by atoms with Gasteiger partial charge >= 0.3 is 0 Å². The lowest BCUT2D eigenvalue weighted by atomic mass is 9.89. The third kappa shape index (κ3) is 4.98. The topological polar surface area (TPSA) is 4.44 Å². The van der Waals surface area contributed by atoms with E-state index >= 15 is 0 Å². The molecule has 0 amide bonds. The normalized spacial score (nSPS) is 12.0. The van der Waals surface area contributed by atoms with E-state index in [9.17, 15) is 0 Å². The van der Waals surface area contributed by atoms with E-state index in [2.05, 4.69) is 93.3 Å². The summed E-state index contributed by atoms with van der Waals surface area (Å²) in [7, 11) is 0. The number of hydrogen-bond acceptors (Lipinski definition) is 0. The SMILES string of the molecule is CC[NH+](CC)[C@H](C)C#CCC(c1ccccc1)c1ccccc1. The molecule has 1 nitrogen and oxygen atoms in total. The van der Waals surface area contributed by atoms with Crippen LogP contribution in [0.25, 0.3) is 0 Å². The minimum atomic E-state index is 0.351. The molecule has 2 rings (SSSR count). The molecule has 0 radical (unpaired) electrons. The quantitative estimate of drug-likeness (QED) is 0.779. The maximum atomic E-state index is 3.47. The van der Waals surface area contributed by atoms with Crippen LogP contribution in [0, 0.1) is 11.8 Å². The van der Waals surface area contributed by atoms with Crippen LogP contribution in [0.1, 0.15) is 44.2 Å². The van der Waals surface area contributed by atoms with Gasteiger partial charge in [-0.1, -0.05) is 66.6 Å². The highest BCUT2D eigenvalue weighted by molar-refractivity contribution is 5.34. The Morgan fingerprint density at radius 1 is 0.826 bits per heavy atom. The Morgan fingerprint density at radius 3 is 1.74 bits per heavy atom. The molecule has 0 aliphatic carbocycles. The number of quaternary nitrogens is 1. The zero-order chi connectivity index (χ0) is 16.5. The van der Waals surface area contributed by atoms with E-state index < -0.39 is 0 Å². The number of rotatable bonds is 6. The van der Waals surface area contributed by atoms with Gasteiger partial charge < -0.3 is 4.90 Å². The first kappa shape index (κ1) is 17.3. The van der Waals surface area contributed by atoms with Crippen molar-refractivity contribution in [1.82, 2.24) is 0 Å². The first-order valence-electron chi connectivity index (χ1n) is 8.69. The first-order chi connectivity index (χ1) is 11.3. The van der Waals surface area contributed by atoms with Crippen molar-refractivity contribution >= 4 is 0 Å². The molecular weight excluding hydrogens is 278 g/mol. The van der Waals surface area contributed by atoms with E-state index in [1.54, 1.807) is 4.90 Å². The second kappa shape index (κ2) is 9.18. The zero-order valence-corrected chi connectivity index (χ0v) is 14.5. The summed E-state index contributed by atoms with van der Waals surface area (Å²) in [5.41, 5.74) is 2.69. The fraction of sp³-hybridized carbons (Fsp3) is 0.364. The van der Waals surface area contributed by atoms with Crippen molar-refractivity contribution in [3.8, 4) is 11.8 Å². The highest BCUT2D eigenvalue weighted by Crippen LogP contribution is 2.27. The number of hydrogen-bond donors (Lipinski definition) is 1. The highest BCUT2D eigenvalue weighted by Gasteiger charge is 2.13. The van der Waals surface area contributed by atoms with Gasteiger partial charge in [-0.2, -0.15) is 0 Å². The Bertz CT molecular complexity index is 578. The van der Waals surface area contributed by atoms with Crippen LogP contribution >= 0.6 is 0 Å². The smallest absolute Gasteiger partial charge is 0.146 e. The molecule has 0 saturated carbocycles. The Hall–Kier alpha value is -2.04. The summed E-state index contributed by atoms with van der Waals surface area (Å²) in [6.07, 6.45) is 0.874. The van der Waals surface area contributed by atoms with Crippen LogP contribution in [0.15, 0.2) is 60.7 Å². The van der Waals surface area contributed by atoms with Crippen molar-refractivity contribution in [3.05, 3.63) is 71.8 Å². The van der Waals surface area contributed by atoms with Gasteiger partial charge in [0.15, 0.2) is 0 Å². The highest BCUT2D eigenvalue weighted by atomic mass is 15.1. The van der Waals surface area contributed by atoms with Gasteiger partial charge in [0.1, 0.15) is 6.04 Å². The lowest BCUT2D eigenvalue weighted by Crippen LogP contribution is -3.14. The third-order valence-electron chi connectivity index (χ3n) is 4.55. The van der Waals surface area contributed by atoms with Crippen molar-refractivity contribution in [2.75, 3.05) is 13.1 Å². The molecule has 0 aliphatic rings. The van der Waals surface area contributed by atoms with Crippen LogP contribution in [-0.2, 0) is 0 Å². The maximum absolute atomic E-state index is 3.47. The van der Waals surface area contributed by atoms with E-state index in [0.717, 1.165) is 19.5 Å². The van der Waals surface area contributed by atoms with E-state index in [1.165, 1.54) is 11.1 Å². The molecule has 0 aliphatic heterocycles. The Morgan fingerprint density at radius 2 is 1.30 bits per heavy atom. The lowest BCUT2D eigenvalue weighted by Gasteiger charge is -2.19. The van der Waals surface area contributed by atoms with Gasteiger partial charge in [0.2, 0.25) is 0 Å². The molecule has 0 spiro atoms. The van der Waals surface area contributed by atoms with Crippen molar-refractivity contribution in [2.45, 2.75) is 39.2 Å². The second-order valence-electron chi connectivity index (χ2n) is 5.99. The maximum Gasteiger partial charge on any atom is 0.146 e. The molecule has 1 heteroatoms. The van der Waals surface area contributed by atoms with Gasteiger partial charge in [0.25, 0.3) is 0 Å². The number of nitrogens with one attached hydrogen (secondary N) is 1. The van der Waals surface area contributed by atoms with Gasteiger partial charge in [0, 0.05) is 12.3 Å². The molecule has 0 saturated heterocycles. The van der Waals surface area contributed by atoms with Gasteiger partial charge in [-0.15, -0.1) is 0 Å². The Labute approximate surface area is 141 Å². The molecule has 0 aromatic heterocycles. The first-order valence-corrected chi connectivity index (χ1v) is 8.69. The summed E-state index contributed by atoms with van der Waals surface area (Å²) in [6, 6.07) is 21.8. The molecule has 2 aromatic rings. The minimum absolute atomic E-state index is 0.351. The molecule has 0 unspecified atom stereocenters. The molecule has 23 heavy (non-hydrogen) atoms. The van der Waals surface area contributed by atoms with Crippen LogP contribution in [0.3, 0.4) is 0 Å². The second-order valence-corrected chi connectivity index (χ2v) is 5.99. The van der Waals surface area contributed by atoms with Crippen LogP contribution in [0.2, 0.25) is 0 Å². The minimum Gasteiger partial charge on any atom is -0.323 e. The average Bonchev–Trinajstić information content (AvgIpc) is 2.61. The molecular formula is C22H28N+. The van der Waals surface area contributed by atoms with E-state index in [-0.39, 0.29) is 0 Å². The molecule has 120 valence electrons. The molecule has 0 fully saturated rings. The van der Waals surface area contributed by atoms with Crippen LogP contribution in [0.5, 0.6) is 0 Å². The molecule has 0 bridgehead atoms. The fourth-order valence-corrected chi connectivity index (χ4v) is 3.08. The van der Waals surface area contributed by atoms with E-state index in [0.29, 0.717) is 12.0 Å². The predicted octanol–water partition coefficient (Wildman–Crippen LogP) is 3.53. The summed E-state index contributed by atoms with van der Waals surface area (Å²) in [6.45, 7) is 8.96. The molecule has 2 aromatic carbocycles. The van der Waals surface area contributed by atoms with Crippen LogP contribution in [0.4, 0.5) is 0 Å². The van der Waals surface area contributed by atoms with Gasteiger partial charge in [-0.25, -0.2) is 0 Å². The zero-order valence-electron chi connectivity index (χ0n) is 14.5. The van der Waals surface area contributed by atoms with Crippen molar-refractivity contribution < 1.29 is 4.90 Å². The standard InChI is InChI=1S/C22H27N/c1-4-23(5-2)19(3)13-12-18-22(20-14-8-6-9-15-20)21-16-10-7-11-17-21/h6-11,14-17,19,22H,4-5,18H2,1-3H3/p+1/t19-/m1/s1. The fourth-order valence-electron chi connectivity index (χ4n) is 3.08. The molecule has 0 heterocycles. The van der Waals surface area contributed by atoms with Gasteiger partial charge in [-0.05, 0) is 37.8 Å². The van der Waals surface area contributed by atoms with Crippen LogP contribution < -0.4 is 4.90 Å². The monoisotopic (exact) mass is 306 g/mol. The Kier molecular flexibility index (Phi) is 6.91. The van der Waals surface area contributed by atoms with E-state index in [4.69, 9.17) is 0 Å². The third-order valence-corrected chi connectivity index (χ3v) is 4.55.